The van der Waals surface area contributed by atoms with Crippen LogP contribution in [-0.2, 0) is 11.8 Å². The molecule has 2 fully saturated rings. The number of ether oxygens (including phenoxy) is 1. The van der Waals surface area contributed by atoms with Gasteiger partial charge in [-0.1, -0.05) is 25.8 Å². The van der Waals surface area contributed by atoms with Crippen molar-refractivity contribution in [1.29, 1.82) is 0 Å². The highest BCUT2D eigenvalue weighted by atomic mass is 16.5. The van der Waals surface area contributed by atoms with E-state index in [0.29, 0.717) is 23.1 Å². The Balaban J connectivity index is 1.64. The smallest absolute Gasteiger partial charge is 0.308 e. The number of hydrogen-bond acceptors (Lipinski definition) is 4. The average Bonchev–Trinajstić information content (AvgIpc) is 3.59. The Hall–Kier alpha value is -3.33. The van der Waals surface area contributed by atoms with Gasteiger partial charge in [-0.25, -0.2) is 4.98 Å². The summed E-state index contributed by atoms with van der Waals surface area (Å²) in [4.78, 5) is 19.9. The van der Waals surface area contributed by atoms with Crippen LogP contribution in [0.15, 0.2) is 24.3 Å². The molecule has 0 radical (unpaired) electrons. The van der Waals surface area contributed by atoms with Gasteiger partial charge < -0.3 is 4.74 Å². The Morgan fingerprint density at radius 1 is 1.18 bits per heavy atom. The zero-order valence-electron chi connectivity index (χ0n) is 20.9. The molecule has 176 valence electrons. The summed E-state index contributed by atoms with van der Waals surface area (Å²) in [5.74, 6) is 6.75. The quantitative estimate of drug-likeness (QED) is 0.461. The molecule has 0 spiro atoms. The molecule has 0 N–H and O–H groups in total. The predicted molar refractivity (Wildman–Crippen MR) is 134 cm³/mol. The van der Waals surface area contributed by atoms with Crippen molar-refractivity contribution in [2.45, 2.75) is 72.3 Å². The lowest BCUT2D eigenvalue weighted by Crippen LogP contribution is -2.44. The molecule has 2 aromatic heterocycles. The maximum absolute atomic E-state index is 13.3. The van der Waals surface area contributed by atoms with E-state index in [2.05, 4.69) is 56.8 Å². The van der Waals surface area contributed by atoms with Gasteiger partial charge in [0.05, 0.1) is 11.2 Å². The van der Waals surface area contributed by atoms with Crippen molar-refractivity contribution in [3.8, 4) is 17.7 Å². The van der Waals surface area contributed by atoms with Crippen LogP contribution in [0.1, 0.15) is 69.1 Å². The van der Waals surface area contributed by atoms with Gasteiger partial charge in [0, 0.05) is 12.5 Å². The molecule has 5 rings (SSSR count). The van der Waals surface area contributed by atoms with Crippen LogP contribution in [0.4, 0.5) is 11.5 Å². The largest absolute Gasteiger partial charge is 0.471 e. The van der Waals surface area contributed by atoms with E-state index < -0.39 is 0 Å². The maximum atomic E-state index is 13.3. The van der Waals surface area contributed by atoms with Crippen LogP contribution in [0, 0.1) is 31.1 Å². The van der Waals surface area contributed by atoms with Crippen LogP contribution < -0.4 is 9.64 Å². The third-order valence-corrected chi connectivity index (χ3v) is 7.39. The Kier molecular flexibility index (Phi) is 5.39. The number of benzene rings is 1. The number of aromatic nitrogens is 3. The SMILES string of the molecule is CC#CC(=O)N(c1ccc2c(n1)c(OC1CCC1(C)C)nn2C)c1cc(C)c(C)cc1C1CC1. The van der Waals surface area contributed by atoms with Gasteiger partial charge in [-0.15, -0.1) is 5.10 Å². The molecule has 3 aromatic rings. The molecule has 0 saturated heterocycles. The normalized spacial score (nSPS) is 18.7. The van der Waals surface area contributed by atoms with Crippen LogP contribution in [0.25, 0.3) is 11.0 Å². The standard InChI is InChI=1S/C28H32N4O2/c1-7-8-25(33)32(22-16-18(3)17(2)15-20(22)19-9-10-19)24-12-11-21-26(29-24)27(30-31(21)6)34-23-13-14-28(23,4)5/h11-12,15-16,19,23H,9-10,13-14H2,1-6H3. The number of carbonyl (C=O) groups is 1. The zero-order valence-corrected chi connectivity index (χ0v) is 20.9. The molecule has 1 atom stereocenters. The van der Waals surface area contributed by atoms with E-state index in [0.717, 1.165) is 42.5 Å². The van der Waals surface area contributed by atoms with E-state index in [1.165, 1.54) is 11.1 Å². The van der Waals surface area contributed by atoms with Gasteiger partial charge >= 0.3 is 5.91 Å². The van der Waals surface area contributed by atoms with Gasteiger partial charge in [0.15, 0.2) is 5.52 Å². The average molecular weight is 457 g/mol. The Bertz CT molecular complexity index is 1350. The predicted octanol–water partition coefficient (Wildman–Crippen LogP) is 5.72. The van der Waals surface area contributed by atoms with Gasteiger partial charge in [-0.2, -0.15) is 0 Å². The zero-order chi connectivity index (χ0) is 24.2. The number of amides is 1. The molecule has 6 heteroatoms. The minimum absolute atomic E-state index is 0.112. The fourth-order valence-corrected chi connectivity index (χ4v) is 4.73. The van der Waals surface area contributed by atoms with Crippen LogP contribution in [-0.4, -0.2) is 26.8 Å². The summed E-state index contributed by atoms with van der Waals surface area (Å²) in [6.07, 6.45) is 4.54. The minimum atomic E-state index is -0.286. The Labute approximate surface area is 201 Å². The first kappa shape index (κ1) is 22.5. The molecule has 2 aliphatic carbocycles. The summed E-state index contributed by atoms with van der Waals surface area (Å²) < 4.78 is 8.12. The molecule has 34 heavy (non-hydrogen) atoms. The summed E-state index contributed by atoms with van der Waals surface area (Å²) in [6.45, 7) is 10.3. The number of hydrogen-bond donors (Lipinski definition) is 0. The third-order valence-electron chi connectivity index (χ3n) is 7.39. The van der Waals surface area contributed by atoms with Gasteiger partial charge in [-0.3, -0.25) is 14.4 Å². The lowest BCUT2D eigenvalue weighted by Gasteiger charge is -2.43. The van der Waals surface area contributed by atoms with Crippen molar-refractivity contribution in [2.24, 2.45) is 12.5 Å². The first-order chi connectivity index (χ1) is 16.2. The van der Waals surface area contributed by atoms with Crippen LogP contribution >= 0.6 is 0 Å². The van der Waals surface area contributed by atoms with E-state index in [1.54, 1.807) is 16.5 Å². The molecule has 1 aromatic carbocycles. The molecular weight excluding hydrogens is 424 g/mol. The molecule has 6 nitrogen and oxygen atoms in total. The van der Waals surface area contributed by atoms with Crippen LogP contribution in [0.2, 0.25) is 0 Å². The molecule has 2 saturated carbocycles. The van der Waals surface area contributed by atoms with Crippen LogP contribution in [0.5, 0.6) is 5.88 Å². The van der Waals surface area contributed by atoms with Crippen LogP contribution in [0.3, 0.4) is 0 Å². The Morgan fingerprint density at radius 3 is 2.53 bits per heavy atom. The molecule has 2 heterocycles. The molecule has 1 amide bonds. The van der Waals surface area contributed by atoms with Crippen molar-refractivity contribution in [3.63, 3.8) is 0 Å². The second-order valence-electron chi connectivity index (χ2n) is 10.4. The third kappa shape index (κ3) is 3.83. The van der Waals surface area contributed by atoms with Crippen molar-refractivity contribution in [3.05, 3.63) is 41.0 Å². The first-order valence-corrected chi connectivity index (χ1v) is 12.1. The summed E-state index contributed by atoms with van der Waals surface area (Å²) in [6, 6.07) is 8.16. The van der Waals surface area contributed by atoms with Gasteiger partial charge in [0.1, 0.15) is 11.9 Å². The number of rotatable bonds is 5. The van der Waals surface area contributed by atoms with E-state index in [9.17, 15) is 4.79 Å². The van der Waals surface area contributed by atoms with Crippen molar-refractivity contribution in [1.82, 2.24) is 14.8 Å². The van der Waals surface area contributed by atoms with Crippen molar-refractivity contribution in [2.75, 3.05) is 4.90 Å². The van der Waals surface area contributed by atoms with E-state index in [1.807, 2.05) is 19.2 Å². The number of anilines is 2. The maximum Gasteiger partial charge on any atom is 0.308 e. The molecule has 0 aliphatic heterocycles. The monoisotopic (exact) mass is 456 g/mol. The van der Waals surface area contributed by atoms with Crippen molar-refractivity contribution < 1.29 is 9.53 Å². The van der Waals surface area contributed by atoms with E-state index in [4.69, 9.17) is 9.72 Å². The molecule has 1 unspecified atom stereocenters. The number of fused-ring (bicyclic) bond motifs is 1. The highest BCUT2D eigenvalue weighted by Gasteiger charge is 2.41. The summed E-state index contributed by atoms with van der Waals surface area (Å²) >= 11 is 0. The van der Waals surface area contributed by atoms with Gasteiger partial charge in [-0.05, 0) is 93.2 Å². The molecular formula is C28H32N4O2. The number of pyridine rings is 1. The van der Waals surface area contributed by atoms with E-state index >= 15 is 0 Å². The molecule has 0 bridgehead atoms. The van der Waals surface area contributed by atoms with Gasteiger partial charge in [0.25, 0.3) is 5.88 Å². The summed E-state index contributed by atoms with van der Waals surface area (Å²) in [7, 11) is 1.89. The fourth-order valence-electron chi connectivity index (χ4n) is 4.73. The van der Waals surface area contributed by atoms with Crippen molar-refractivity contribution >= 4 is 28.4 Å². The minimum Gasteiger partial charge on any atom is -0.471 e. The Morgan fingerprint density at radius 2 is 1.91 bits per heavy atom. The number of aryl methyl sites for hydroxylation is 3. The lowest BCUT2D eigenvalue weighted by atomic mass is 9.69. The topological polar surface area (TPSA) is 60.3 Å². The van der Waals surface area contributed by atoms with Gasteiger partial charge in [0.2, 0.25) is 0 Å². The summed E-state index contributed by atoms with van der Waals surface area (Å²) in [5.41, 5.74) is 6.09. The fraction of sp³-hybridized carbons (Fsp3) is 0.464. The number of carbonyl (C=O) groups excluding carboxylic acids is 1. The molecule has 2 aliphatic rings. The first-order valence-electron chi connectivity index (χ1n) is 12.1. The summed E-state index contributed by atoms with van der Waals surface area (Å²) in [5, 5.41) is 4.61. The highest BCUT2D eigenvalue weighted by Crippen LogP contribution is 2.47. The second kappa shape index (κ2) is 8.16. The second-order valence-corrected chi connectivity index (χ2v) is 10.4. The highest BCUT2D eigenvalue weighted by molar-refractivity contribution is 6.11. The lowest BCUT2D eigenvalue weighted by molar-refractivity contribution is -0.112. The van der Waals surface area contributed by atoms with E-state index in [-0.39, 0.29) is 17.4 Å². The number of nitrogens with zero attached hydrogens (tertiary/aromatic N) is 4.